The molecule has 0 saturated carbocycles. The molecule has 1 N–H and O–H groups in total. The summed E-state index contributed by atoms with van der Waals surface area (Å²) in [4.78, 5) is 21.2. The normalized spacial score (nSPS) is 10.8. The molecule has 4 nitrogen and oxygen atoms in total. The summed E-state index contributed by atoms with van der Waals surface area (Å²) in [5.41, 5.74) is 0. The van der Waals surface area contributed by atoms with Crippen LogP contribution < -0.4 is 5.32 Å². The number of aromatic nitrogens is 2. The average molecular weight is 289 g/mol. The number of hydrogen-bond donors (Lipinski definition) is 1. The van der Waals surface area contributed by atoms with Crippen molar-refractivity contribution in [1.82, 2.24) is 9.97 Å². The third-order valence-corrected chi connectivity index (χ3v) is 4.71. The molecule has 0 aliphatic heterocycles. The second-order valence-corrected chi connectivity index (χ2v) is 5.98. The van der Waals surface area contributed by atoms with Crippen LogP contribution in [0.4, 0.5) is 5.82 Å². The Morgan fingerprint density at radius 1 is 1.37 bits per heavy atom. The number of carbonyl (C=O) groups excluding carboxylic acids is 1. The third kappa shape index (κ3) is 2.36. The van der Waals surface area contributed by atoms with Crippen LogP contribution in [0.15, 0.2) is 29.9 Å². The van der Waals surface area contributed by atoms with Gasteiger partial charge in [0, 0.05) is 16.3 Å². The molecule has 6 heteroatoms. The smallest absolute Gasteiger partial charge is 0.268 e. The highest BCUT2D eigenvalue weighted by molar-refractivity contribution is 7.17. The molecule has 1 amide bonds. The molecule has 0 aliphatic rings. The summed E-state index contributed by atoms with van der Waals surface area (Å²) in [6, 6.07) is 3.91. The fraction of sp³-hybridized carbons (Fsp3) is 0.154. The number of nitrogens with one attached hydrogen (secondary N) is 1. The van der Waals surface area contributed by atoms with Crippen LogP contribution in [0.25, 0.3) is 10.1 Å². The van der Waals surface area contributed by atoms with Gasteiger partial charge < -0.3 is 5.32 Å². The lowest BCUT2D eigenvalue weighted by Gasteiger charge is -2.03. The Morgan fingerprint density at radius 2 is 2.26 bits per heavy atom. The number of nitrogens with zero attached hydrogens (tertiary/aromatic N) is 2. The minimum atomic E-state index is -0.150. The van der Waals surface area contributed by atoms with Gasteiger partial charge in [0.15, 0.2) is 0 Å². The molecule has 0 unspecified atom stereocenters. The van der Waals surface area contributed by atoms with Crippen LogP contribution in [-0.2, 0) is 6.42 Å². The number of thiazole rings is 1. The molecule has 0 bridgehead atoms. The van der Waals surface area contributed by atoms with E-state index in [1.807, 2.05) is 24.4 Å². The third-order valence-electron chi connectivity index (χ3n) is 2.69. The first kappa shape index (κ1) is 12.3. The Morgan fingerprint density at radius 3 is 3.05 bits per heavy atom. The molecule has 0 aliphatic carbocycles. The Bertz CT molecular complexity index is 732. The van der Waals surface area contributed by atoms with Crippen LogP contribution in [0.5, 0.6) is 0 Å². The maximum Gasteiger partial charge on any atom is 0.268 e. The number of thiophene rings is 1. The number of rotatable bonds is 3. The van der Waals surface area contributed by atoms with Crippen molar-refractivity contribution < 1.29 is 4.79 Å². The number of pyridine rings is 1. The van der Waals surface area contributed by atoms with Crippen molar-refractivity contribution in [1.29, 1.82) is 0 Å². The number of hydrogen-bond acceptors (Lipinski definition) is 5. The molecule has 0 spiro atoms. The van der Waals surface area contributed by atoms with Crippen molar-refractivity contribution in [2.75, 3.05) is 5.32 Å². The standard InChI is InChI=1S/C13H11N3OS2/c1-2-11-15-7-10(19-11)13(17)16-12-8-4-6-18-9(8)3-5-14-12/h3-7H,2H2,1H3,(H,14,16,17). The monoisotopic (exact) mass is 289 g/mol. The van der Waals surface area contributed by atoms with Crippen molar-refractivity contribution in [3.05, 3.63) is 39.8 Å². The number of anilines is 1. The molecule has 0 atom stereocenters. The van der Waals surface area contributed by atoms with E-state index < -0.39 is 0 Å². The van der Waals surface area contributed by atoms with Crippen molar-refractivity contribution in [3.8, 4) is 0 Å². The van der Waals surface area contributed by atoms with Crippen molar-refractivity contribution in [2.24, 2.45) is 0 Å². The van der Waals surface area contributed by atoms with E-state index in [0.29, 0.717) is 10.7 Å². The lowest BCUT2D eigenvalue weighted by atomic mass is 10.3. The maximum absolute atomic E-state index is 12.1. The first-order chi connectivity index (χ1) is 9.28. The lowest BCUT2D eigenvalue weighted by Crippen LogP contribution is -2.11. The molecule has 3 aromatic rings. The van der Waals surface area contributed by atoms with Gasteiger partial charge in [-0.25, -0.2) is 9.97 Å². The quantitative estimate of drug-likeness (QED) is 0.802. The predicted molar refractivity (Wildman–Crippen MR) is 79.1 cm³/mol. The topological polar surface area (TPSA) is 54.9 Å². The summed E-state index contributed by atoms with van der Waals surface area (Å²) >= 11 is 3.05. The SMILES string of the molecule is CCc1ncc(C(=O)Nc2nccc3sccc23)s1. The summed E-state index contributed by atoms with van der Waals surface area (Å²) in [6.07, 6.45) is 4.17. The van der Waals surface area contributed by atoms with Gasteiger partial charge in [0.25, 0.3) is 5.91 Å². The number of amides is 1. The van der Waals surface area contributed by atoms with E-state index in [9.17, 15) is 4.79 Å². The van der Waals surface area contributed by atoms with Crippen LogP contribution in [0, 0.1) is 0 Å². The number of carbonyl (C=O) groups is 1. The first-order valence-corrected chi connectivity index (χ1v) is 7.56. The fourth-order valence-corrected chi connectivity index (χ4v) is 3.28. The molecular formula is C13H11N3OS2. The zero-order valence-electron chi connectivity index (χ0n) is 10.2. The second-order valence-electron chi connectivity index (χ2n) is 3.92. The zero-order valence-corrected chi connectivity index (χ0v) is 11.8. The van der Waals surface area contributed by atoms with Crippen LogP contribution in [-0.4, -0.2) is 15.9 Å². The molecular weight excluding hydrogens is 278 g/mol. The molecule has 3 rings (SSSR count). The highest BCUT2D eigenvalue weighted by Gasteiger charge is 2.12. The van der Waals surface area contributed by atoms with Gasteiger partial charge in [0.1, 0.15) is 10.7 Å². The molecule has 0 saturated heterocycles. The molecule has 19 heavy (non-hydrogen) atoms. The molecule has 0 radical (unpaired) electrons. The van der Waals surface area contributed by atoms with Crippen LogP contribution in [0.1, 0.15) is 21.6 Å². The molecule has 0 fully saturated rings. The van der Waals surface area contributed by atoms with Crippen LogP contribution in [0.2, 0.25) is 0 Å². The van der Waals surface area contributed by atoms with E-state index in [1.54, 1.807) is 23.7 Å². The van der Waals surface area contributed by atoms with Gasteiger partial charge in [-0.15, -0.1) is 22.7 Å². The van der Waals surface area contributed by atoms with Crippen molar-refractivity contribution >= 4 is 44.5 Å². The highest BCUT2D eigenvalue weighted by Crippen LogP contribution is 2.26. The van der Waals surface area contributed by atoms with Gasteiger partial charge in [0.05, 0.1) is 11.2 Å². The van der Waals surface area contributed by atoms with E-state index in [0.717, 1.165) is 21.5 Å². The van der Waals surface area contributed by atoms with Gasteiger partial charge in [-0.05, 0) is 23.9 Å². The highest BCUT2D eigenvalue weighted by atomic mass is 32.1. The van der Waals surface area contributed by atoms with Gasteiger partial charge >= 0.3 is 0 Å². The van der Waals surface area contributed by atoms with Crippen LogP contribution >= 0.6 is 22.7 Å². The maximum atomic E-state index is 12.1. The molecule has 0 aromatic carbocycles. The minimum absolute atomic E-state index is 0.150. The molecule has 96 valence electrons. The number of fused-ring (bicyclic) bond motifs is 1. The Labute approximate surface area is 118 Å². The lowest BCUT2D eigenvalue weighted by molar-refractivity contribution is 0.103. The largest absolute Gasteiger partial charge is 0.305 e. The van der Waals surface area contributed by atoms with E-state index >= 15 is 0 Å². The van der Waals surface area contributed by atoms with Crippen LogP contribution in [0.3, 0.4) is 0 Å². The van der Waals surface area contributed by atoms with Gasteiger partial charge in [0.2, 0.25) is 0 Å². The summed E-state index contributed by atoms with van der Waals surface area (Å²) in [5.74, 6) is 0.457. The van der Waals surface area contributed by atoms with E-state index in [1.165, 1.54) is 11.3 Å². The Kier molecular flexibility index (Phi) is 3.27. The van der Waals surface area contributed by atoms with E-state index in [4.69, 9.17) is 0 Å². The van der Waals surface area contributed by atoms with Crippen molar-refractivity contribution in [2.45, 2.75) is 13.3 Å². The minimum Gasteiger partial charge on any atom is -0.305 e. The summed E-state index contributed by atoms with van der Waals surface area (Å²) in [6.45, 7) is 2.02. The Hall–Kier alpha value is -1.79. The second kappa shape index (κ2) is 5.07. The van der Waals surface area contributed by atoms with Gasteiger partial charge in [-0.1, -0.05) is 6.92 Å². The zero-order chi connectivity index (χ0) is 13.2. The average Bonchev–Trinajstić information content (AvgIpc) is 3.08. The van der Waals surface area contributed by atoms with Crippen molar-refractivity contribution in [3.63, 3.8) is 0 Å². The van der Waals surface area contributed by atoms with E-state index in [2.05, 4.69) is 15.3 Å². The van der Waals surface area contributed by atoms with Gasteiger partial charge in [-0.3, -0.25) is 4.79 Å². The van der Waals surface area contributed by atoms with E-state index in [-0.39, 0.29) is 5.91 Å². The summed E-state index contributed by atoms with van der Waals surface area (Å²) < 4.78 is 1.11. The van der Waals surface area contributed by atoms with Gasteiger partial charge in [-0.2, -0.15) is 0 Å². The molecule has 3 aromatic heterocycles. The molecule has 3 heterocycles. The summed E-state index contributed by atoms with van der Waals surface area (Å²) in [7, 11) is 0. The first-order valence-electron chi connectivity index (χ1n) is 5.86. The number of aryl methyl sites for hydroxylation is 1. The predicted octanol–water partition coefficient (Wildman–Crippen LogP) is 3.57. The Balaban J connectivity index is 1.88. The fourth-order valence-electron chi connectivity index (χ4n) is 1.74. The summed E-state index contributed by atoms with van der Waals surface area (Å²) in [5, 5.41) is 6.78.